The Hall–Kier alpha value is -3.08. The summed E-state index contributed by atoms with van der Waals surface area (Å²) in [5.74, 6) is -0.269. The highest BCUT2D eigenvalue weighted by molar-refractivity contribution is 6.02. The number of carbonyl (C=O) groups excluding carboxylic acids is 1. The molecule has 5 nitrogen and oxygen atoms in total. The maximum Gasteiger partial charge on any atom is 0.278 e. The highest BCUT2D eigenvalue weighted by Gasteiger charge is 2.27. The van der Waals surface area contributed by atoms with Gasteiger partial charge in [0.15, 0.2) is 0 Å². The van der Waals surface area contributed by atoms with Gasteiger partial charge in [-0.3, -0.25) is 14.2 Å². The molecule has 1 amide bonds. The van der Waals surface area contributed by atoms with Crippen molar-refractivity contribution in [2.24, 2.45) is 0 Å². The van der Waals surface area contributed by atoms with Crippen molar-refractivity contribution in [3.8, 4) is 11.1 Å². The SMILES string of the molecule is CC1=C\NC(=O)c2c(-c3ccc(C)cc3)c3c(c(=O)n2/C=C\1)NCCC3. The average Bonchev–Trinajstić information content (AvgIpc) is 2.65. The molecule has 4 rings (SSSR count). The third-order valence-corrected chi connectivity index (χ3v) is 4.89. The van der Waals surface area contributed by atoms with Crippen LogP contribution in [0.1, 0.15) is 35.0 Å². The monoisotopic (exact) mass is 347 g/mol. The van der Waals surface area contributed by atoms with Crippen molar-refractivity contribution in [3.63, 3.8) is 0 Å². The Bertz CT molecular complexity index is 1010. The molecule has 2 aliphatic heterocycles. The molecule has 0 saturated carbocycles. The van der Waals surface area contributed by atoms with Gasteiger partial charge in [-0.05, 0) is 49.5 Å². The number of aromatic nitrogens is 1. The number of hydrogen-bond donors (Lipinski definition) is 2. The van der Waals surface area contributed by atoms with E-state index in [1.54, 1.807) is 12.4 Å². The van der Waals surface area contributed by atoms with E-state index < -0.39 is 0 Å². The van der Waals surface area contributed by atoms with Crippen LogP contribution in [0.2, 0.25) is 0 Å². The van der Waals surface area contributed by atoms with Gasteiger partial charge in [0.2, 0.25) is 0 Å². The van der Waals surface area contributed by atoms with E-state index >= 15 is 0 Å². The summed E-state index contributed by atoms with van der Waals surface area (Å²) in [6.07, 6.45) is 6.91. The number of anilines is 1. The maximum atomic E-state index is 13.1. The predicted molar refractivity (Wildman–Crippen MR) is 104 cm³/mol. The number of rotatable bonds is 1. The largest absolute Gasteiger partial charge is 0.380 e. The second-order valence-corrected chi connectivity index (χ2v) is 6.83. The molecule has 2 aromatic rings. The Kier molecular flexibility index (Phi) is 3.99. The van der Waals surface area contributed by atoms with E-state index in [9.17, 15) is 9.59 Å². The minimum absolute atomic E-state index is 0.174. The molecule has 1 aromatic carbocycles. The van der Waals surface area contributed by atoms with E-state index in [-0.39, 0.29) is 11.5 Å². The minimum Gasteiger partial charge on any atom is -0.380 e. The Morgan fingerprint density at radius 3 is 2.62 bits per heavy atom. The molecule has 2 N–H and O–H groups in total. The van der Waals surface area contributed by atoms with E-state index in [0.717, 1.165) is 47.2 Å². The van der Waals surface area contributed by atoms with Crippen LogP contribution in [0.25, 0.3) is 17.3 Å². The third-order valence-electron chi connectivity index (χ3n) is 4.89. The Labute approximate surface area is 152 Å². The number of carbonyl (C=O) groups is 1. The smallest absolute Gasteiger partial charge is 0.278 e. The van der Waals surface area contributed by atoms with Crippen LogP contribution in [-0.2, 0) is 6.42 Å². The lowest BCUT2D eigenvalue weighted by molar-refractivity contribution is 0.0963. The topological polar surface area (TPSA) is 63.1 Å². The van der Waals surface area contributed by atoms with Crippen molar-refractivity contribution in [1.82, 2.24) is 9.88 Å². The standard InChI is InChI=1S/C21H21N3O2/c1-13-5-7-15(8-6-13)17-16-4-3-10-22-18(16)21(26)24-11-9-14(2)12-23-20(25)19(17)24/h5-9,11-12,22H,3-4,10H2,1-2H3,(H,23,25)/b11-9-,14-12+. The molecule has 0 fully saturated rings. The Morgan fingerprint density at radius 1 is 1.08 bits per heavy atom. The fourth-order valence-electron chi connectivity index (χ4n) is 3.53. The normalized spacial score (nSPS) is 19.0. The van der Waals surface area contributed by atoms with Gasteiger partial charge in [0.05, 0.1) is 0 Å². The van der Waals surface area contributed by atoms with E-state index in [4.69, 9.17) is 0 Å². The fourth-order valence-corrected chi connectivity index (χ4v) is 3.53. The average molecular weight is 347 g/mol. The molecule has 0 bridgehead atoms. The number of hydrogen-bond acceptors (Lipinski definition) is 3. The van der Waals surface area contributed by atoms with E-state index in [1.165, 1.54) is 4.57 Å². The van der Waals surface area contributed by atoms with Crippen LogP contribution in [0.15, 0.2) is 46.9 Å². The van der Waals surface area contributed by atoms with E-state index in [2.05, 4.69) is 10.6 Å². The van der Waals surface area contributed by atoms with E-state index in [0.29, 0.717) is 11.4 Å². The first kappa shape index (κ1) is 16.4. The van der Waals surface area contributed by atoms with Crippen LogP contribution in [-0.4, -0.2) is 17.0 Å². The van der Waals surface area contributed by atoms with Crippen LogP contribution in [0, 0.1) is 6.92 Å². The molecule has 2 aliphatic rings. The molecule has 26 heavy (non-hydrogen) atoms. The van der Waals surface area contributed by atoms with Gasteiger partial charge in [-0.1, -0.05) is 29.8 Å². The molecule has 0 atom stereocenters. The first-order chi connectivity index (χ1) is 12.6. The van der Waals surface area contributed by atoms with Gasteiger partial charge in [0.1, 0.15) is 11.4 Å². The summed E-state index contributed by atoms with van der Waals surface area (Å²) in [4.78, 5) is 26.0. The van der Waals surface area contributed by atoms with Gasteiger partial charge >= 0.3 is 0 Å². The van der Waals surface area contributed by atoms with E-state index in [1.807, 2.05) is 44.2 Å². The number of aryl methyl sites for hydroxylation is 1. The van der Waals surface area contributed by atoms with Crippen molar-refractivity contribution >= 4 is 17.8 Å². The van der Waals surface area contributed by atoms with Gasteiger partial charge in [-0.25, -0.2) is 0 Å². The molecular formula is C21H21N3O2. The summed E-state index contributed by atoms with van der Waals surface area (Å²) in [6, 6.07) is 8.09. The van der Waals surface area contributed by atoms with Crippen molar-refractivity contribution in [1.29, 1.82) is 0 Å². The second kappa shape index (κ2) is 6.33. The first-order valence-electron chi connectivity index (χ1n) is 8.84. The van der Waals surface area contributed by atoms with Crippen molar-refractivity contribution in [3.05, 3.63) is 69.3 Å². The van der Waals surface area contributed by atoms with Gasteiger partial charge < -0.3 is 10.6 Å². The van der Waals surface area contributed by atoms with Gasteiger partial charge in [-0.2, -0.15) is 0 Å². The number of pyridine rings is 1. The summed E-state index contributed by atoms with van der Waals surface area (Å²) in [7, 11) is 0. The molecule has 0 spiro atoms. The number of fused-ring (bicyclic) bond motifs is 2. The summed E-state index contributed by atoms with van der Waals surface area (Å²) >= 11 is 0. The number of benzene rings is 1. The van der Waals surface area contributed by atoms with Gasteiger partial charge in [-0.15, -0.1) is 0 Å². The van der Waals surface area contributed by atoms with Crippen LogP contribution < -0.4 is 16.2 Å². The summed E-state index contributed by atoms with van der Waals surface area (Å²) in [5, 5.41) is 6.06. The molecule has 1 aromatic heterocycles. The first-order valence-corrected chi connectivity index (χ1v) is 8.84. The number of nitrogens with zero attached hydrogens (tertiary/aromatic N) is 1. The minimum atomic E-state index is -0.269. The van der Waals surface area contributed by atoms with Crippen molar-refractivity contribution in [2.45, 2.75) is 26.7 Å². The second-order valence-electron chi connectivity index (χ2n) is 6.83. The lowest BCUT2D eigenvalue weighted by atomic mass is 9.91. The lowest BCUT2D eigenvalue weighted by Crippen LogP contribution is -2.34. The number of nitrogens with one attached hydrogen (secondary N) is 2. The fraction of sp³-hybridized carbons (Fsp3) is 0.238. The molecule has 0 aliphatic carbocycles. The molecule has 0 radical (unpaired) electrons. The zero-order chi connectivity index (χ0) is 18.3. The zero-order valence-electron chi connectivity index (χ0n) is 14.9. The molecule has 132 valence electrons. The number of amides is 1. The molecule has 0 unspecified atom stereocenters. The zero-order valence-corrected chi connectivity index (χ0v) is 14.9. The maximum absolute atomic E-state index is 13.1. The summed E-state index contributed by atoms with van der Waals surface area (Å²) in [5.41, 5.74) is 5.56. The summed E-state index contributed by atoms with van der Waals surface area (Å²) in [6.45, 7) is 4.68. The van der Waals surface area contributed by atoms with Crippen LogP contribution >= 0.6 is 0 Å². The molecular weight excluding hydrogens is 326 g/mol. The highest BCUT2D eigenvalue weighted by Crippen LogP contribution is 2.34. The molecule has 0 saturated heterocycles. The highest BCUT2D eigenvalue weighted by atomic mass is 16.2. The lowest BCUT2D eigenvalue weighted by Gasteiger charge is -2.25. The predicted octanol–water partition coefficient (Wildman–Crippen LogP) is 3.30. The third kappa shape index (κ3) is 2.65. The Balaban J connectivity index is 2.10. The van der Waals surface area contributed by atoms with Gasteiger partial charge in [0.25, 0.3) is 11.5 Å². The number of allylic oxidation sites excluding steroid dienone is 2. The van der Waals surface area contributed by atoms with Crippen molar-refractivity contribution in [2.75, 3.05) is 11.9 Å². The summed E-state index contributed by atoms with van der Waals surface area (Å²) < 4.78 is 1.47. The molecule has 3 heterocycles. The van der Waals surface area contributed by atoms with Crippen LogP contribution in [0.4, 0.5) is 5.69 Å². The molecule has 5 heteroatoms. The van der Waals surface area contributed by atoms with Gasteiger partial charge in [0, 0.05) is 24.5 Å². The van der Waals surface area contributed by atoms with Crippen LogP contribution in [0.3, 0.4) is 0 Å². The Morgan fingerprint density at radius 2 is 1.85 bits per heavy atom. The van der Waals surface area contributed by atoms with Crippen LogP contribution in [0.5, 0.6) is 0 Å². The quantitative estimate of drug-likeness (QED) is 0.832. The van der Waals surface area contributed by atoms with Crippen molar-refractivity contribution < 1.29 is 4.79 Å².